The fourth-order valence-corrected chi connectivity index (χ4v) is 3.49. The highest BCUT2D eigenvalue weighted by Gasteiger charge is 2.17. The van der Waals surface area contributed by atoms with Gasteiger partial charge in [-0.05, 0) is 54.8 Å². The van der Waals surface area contributed by atoms with Gasteiger partial charge in [0.2, 0.25) is 0 Å². The molecule has 0 spiro atoms. The first kappa shape index (κ1) is 21.4. The minimum absolute atomic E-state index is 0. The predicted octanol–water partition coefficient (Wildman–Crippen LogP) is 5.71. The summed E-state index contributed by atoms with van der Waals surface area (Å²) < 4.78 is 21.4. The van der Waals surface area contributed by atoms with Crippen LogP contribution in [0.5, 0.6) is 5.75 Å². The van der Waals surface area contributed by atoms with Gasteiger partial charge in [-0.3, -0.25) is 4.98 Å². The fourth-order valence-electron chi connectivity index (χ4n) is 3.49. The van der Waals surface area contributed by atoms with E-state index in [4.69, 9.17) is 4.74 Å². The molecule has 0 aliphatic heterocycles. The maximum atomic E-state index is 13.1. The third kappa shape index (κ3) is 4.14. The van der Waals surface area contributed by atoms with Crippen LogP contribution in [0.3, 0.4) is 0 Å². The average molecular weight is 422 g/mol. The van der Waals surface area contributed by atoms with Crippen LogP contribution in [0.15, 0.2) is 60.8 Å². The third-order valence-corrected chi connectivity index (χ3v) is 5.16. The molecule has 4 aromatic rings. The summed E-state index contributed by atoms with van der Waals surface area (Å²) in [4.78, 5) is 4.56. The Hall–Kier alpha value is -3.36. The number of nitrogens with zero attached hydrogens (tertiary/aromatic N) is 3. The number of hydrogen-bond acceptors (Lipinski definition) is 3. The average Bonchev–Trinajstić information content (AvgIpc) is 2.99. The zero-order valence-electron chi connectivity index (χ0n) is 16.7. The lowest BCUT2D eigenvalue weighted by Gasteiger charge is -2.13. The summed E-state index contributed by atoms with van der Waals surface area (Å²) in [6.45, 7) is 5.07. The maximum Gasteiger partial charge on any atom is 0.147 e. The lowest BCUT2D eigenvalue weighted by molar-refractivity contribution is 0.308. The van der Waals surface area contributed by atoms with Gasteiger partial charge in [-0.15, -0.1) is 12.4 Å². The molecule has 0 radical (unpaired) electrons. The second kappa shape index (κ2) is 8.98. The fraction of sp³-hybridized carbons (Fsp3) is 0.167. The third-order valence-electron chi connectivity index (χ3n) is 5.16. The van der Waals surface area contributed by atoms with Crippen molar-refractivity contribution in [1.29, 1.82) is 5.26 Å². The number of benzene rings is 2. The number of aryl methyl sites for hydroxylation is 1. The molecule has 6 heteroatoms. The Morgan fingerprint density at radius 1 is 1.07 bits per heavy atom. The van der Waals surface area contributed by atoms with Crippen molar-refractivity contribution in [3.63, 3.8) is 0 Å². The van der Waals surface area contributed by atoms with Crippen LogP contribution in [0.25, 0.3) is 11.0 Å². The maximum absolute atomic E-state index is 13.1. The van der Waals surface area contributed by atoms with Gasteiger partial charge in [-0.25, -0.2) is 4.39 Å². The molecule has 4 rings (SSSR count). The predicted molar refractivity (Wildman–Crippen MR) is 117 cm³/mol. The largest absolute Gasteiger partial charge is 0.487 e. The molecule has 30 heavy (non-hydrogen) atoms. The second-order valence-electron chi connectivity index (χ2n) is 7.03. The normalized spacial score (nSPS) is 10.5. The molecule has 0 N–H and O–H groups in total. The molecular weight excluding hydrogens is 401 g/mol. The van der Waals surface area contributed by atoms with E-state index in [0.29, 0.717) is 18.7 Å². The molecule has 2 aromatic carbocycles. The van der Waals surface area contributed by atoms with Crippen molar-refractivity contribution in [2.75, 3.05) is 0 Å². The Labute approximate surface area is 181 Å². The quantitative estimate of drug-likeness (QED) is 0.414. The van der Waals surface area contributed by atoms with Gasteiger partial charge in [0.25, 0.3) is 0 Å². The van der Waals surface area contributed by atoms with Crippen LogP contribution in [0.2, 0.25) is 0 Å². The molecule has 0 amide bonds. The van der Waals surface area contributed by atoms with E-state index in [0.717, 1.165) is 39.2 Å². The molecule has 0 unspecified atom stereocenters. The second-order valence-corrected chi connectivity index (χ2v) is 7.03. The zero-order chi connectivity index (χ0) is 20.4. The van der Waals surface area contributed by atoms with Crippen molar-refractivity contribution in [1.82, 2.24) is 9.55 Å². The highest BCUT2D eigenvalue weighted by molar-refractivity contribution is 5.86. The van der Waals surface area contributed by atoms with Gasteiger partial charge in [0, 0.05) is 24.5 Å². The summed E-state index contributed by atoms with van der Waals surface area (Å²) in [5.74, 6) is 0.465. The molecule has 0 saturated heterocycles. The summed E-state index contributed by atoms with van der Waals surface area (Å²) in [7, 11) is 0. The van der Waals surface area contributed by atoms with Crippen LogP contribution < -0.4 is 4.74 Å². The van der Waals surface area contributed by atoms with Crippen molar-refractivity contribution >= 4 is 23.4 Å². The van der Waals surface area contributed by atoms with Crippen LogP contribution in [0.1, 0.15) is 27.9 Å². The highest BCUT2D eigenvalue weighted by atomic mass is 35.5. The summed E-state index contributed by atoms with van der Waals surface area (Å²) in [5.41, 5.74) is 6.60. The molecular formula is C24H21ClFN3O. The lowest BCUT2D eigenvalue weighted by Crippen LogP contribution is -2.04. The van der Waals surface area contributed by atoms with E-state index in [1.165, 1.54) is 12.1 Å². The van der Waals surface area contributed by atoms with E-state index in [1.54, 1.807) is 24.4 Å². The Morgan fingerprint density at radius 2 is 1.83 bits per heavy atom. The SMILES string of the molecule is Cc1c(C)n(Cc2cccc(C#N)c2)c2c(OCc3ccc(F)cc3)ccnc12.Cl. The van der Waals surface area contributed by atoms with E-state index >= 15 is 0 Å². The number of rotatable bonds is 5. The van der Waals surface area contributed by atoms with Gasteiger partial charge in [-0.1, -0.05) is 24.3 Å². The summed E-state index contributed by atoms with van der Waals surface area (Å²) in [6, 6.07) is 17.9. The van der Waals surface area contributed by atoms with E-state index < -0.39 is 0 Å². The van der Waals surface area contributed by atoms with Crippen molar-refractivity contribution in [2.45, 2.75) is 27.0 Å². The minimum Gasteiger partial charge on any atom is -0.487 e. The van der Waals surface area contributed by atoms with Crippen LogP contribution in [-0.2, 0) is 13.2 Å². The number of nitriles is 1. The smallest absolute Gasteiger partial charge is 0.147 e. The van der Waals surface area contributed by atoms with Gasteiger partial charge in [0.15, 0.2) is 0 Å². The van der Waals surface area contributed by atoms with Crippen molar-refractivity contribution in [3.05, 3.63) is 94.6 Å². The molecule has 0 atom stereocenters. The molecule has 2 heterocycles. The summed E-state index contributed by atoms with van der Waals surface area (Å²) in [6.07, 6.45) is 1.75. The monoisotopic (exact) mass is 421 g/mol. The van der Waals surface area contributed by atoms with Crippen molar-refractivity contribution < 1.29 is 9.13 Å². The molecule has 0 saturated carbocycles. The number of pyridine rings is 1. The van der Waals surface area contributed by atoms with Crippen molar-refractivity contribution in [2.24, 2.45) is 0 Å². The first-order valence-electron chi connectivity index (χ1n) is 9.37. The first-order chi connectivity index (χ1) is 14.1. The van der Waals surface area contributed by atoms with E-state index in [2.05, 4.69) is 29.5 Å². The van der Waals surface area contributed by atoms with E-state index in [9.17, 15) is 9.65 Å². The Bertz CT molecular complexity index is 1230. The first-order valence-corrected chi connectivity index (χ1v) is 9.37. The van der Waals surface area contributed by atoms with Crippen LogP contribution in [0, 0.1) is 31.0 Å². The number of ether oxygens (including phenoxy) is 1. The number of aromatic nitrogens is 2. The van der Waals surface area contributed by atoms with Gasteiger partial charge in [-0.2, -0.15) is 5.26 Å². The van der Waals surface area contributed by atoms with Crippen LogP contribution in [-0.4, -0.2) is 9.55 Å². The summed E-state index contributed by atoms with van der Waals surface area (Å²) in [5, 5.41) is 9.19. The van der Waals surface area contributed by atoms with Gasteiger partial charge < -0.3 is 9.30 Å². The molecule has 152 valence electrons. The Morgan fingerprint density at radius 3 is 2.57 bits per heavy atom. The summed E-state index contributed by atoms with van der Waals surface area (Å²) >= 11 is 0. The van der Waals surface area contributed by atoms with Crippen molar-refractivity contribution in [3.8, 4) is 11.8 Å². The molecule has 0 aliphatic rings. The minimum atomic E-state index is -0.264. The lowest BCUT2D eigenvalue weighted by atomic mass is 10.1. The van der Waals surface area contributed by atoms with Gasteiger partial charge in [0.1, 0.15) is 23.7 Å². The molecule has 0 bridgehead atoms. The Kier molecular flexibility index (Phi) is 6.39. The molecule has 2 aromatic heterocycles. The Balaban J connectivity index is 0.00000256. The number of fused-ring (bicyclic) bond motifs is 1. The molecule has 0 aliphatic carbocycles. The van der Waals surface area contributed by atoms with Crippen LogP contribution >= 0.6 is 12.4 Å². The van der Waals surface area contributed by atoms with Gasteiger partial charge >= 0.3 is 0 Å². The molecule has 4 nitrogen and oxygen atoms in total. The van der Waals surface area contributed by atoms with E-state index in [-0.39, 0.29) is 18.2 Å². The zero-order valence-corrected chi connectivity index (χ0v) is 17.5. The highest BCUT2D eigenvalue weighted by Crippen LogP contribution is 2.32. The van der Waals surface area contributed by atoms with Crippen LogP contribution in [0.4, 0.5) is 4.39 Å². The topological polar surface area (TPSA) is 50.8 Å². The number of hydrogen-bond donors (Lipinski definition) is 0. The molecule has 0 fully saturated rings. The van der Waals surface area contributed by atoms with E-state index in [1.807, 2.05) is 24.3 Å². The number of halogens is 2. The van der Waals surface area contributed by atoms with Gasteiger partial charge in [0.05, 0.1) is 17.1 Å². The standard InChI is InChI=1S/C24H20FN3O.ClH/c1-16-17(2)28(14-20-5-3-4-19(12-20)13-26)24-22(10-11-27-23(16)24)29-15-18-6-8-21(25)9-7-18;/h3-12H,14-15H2,1-2H3;1H.